The number of nitrogens with one attached hydrogen (secondary N) is 1. The third-order valence-corrected chi connectivity index (χ3v) is 6.20. The molecule has 2 heterocycles. The van der Waals surface area contributed by atoms with Crippen LogP contribution in [0.2, 0.25) is 0 Å². The summed E-state index contributed by atoms with van der Waals surface area (Å²) in [6.07, 6.45) is 3.46. The van der Waals surface area contributed by atoms with Crippen molar-refractivity contribution in [3.8, 4) is 5.88 Å². The van der Waals surface area contributed by atoms with Crippen LogP contribution in [0.25, 0.3) is 10.8 Å². The van der Waals surface area contributed by atoms with Crippen LogP contribution in [0.5, 0.6) is 5.88 Å². The summed E-state index contributed by atoms with van der Waals surface area (Å²) in [6, 6.07) is 16.7. The van der Waals surface area contributed by atoms with Crippen LogP contribution in [0.4, 0.5) is 0 Å². The number of amides is 1. The van der Waals surface area contributed by atoms with Crippen LogP contribution >= 0.6 is 0 Å². The number of carbonyl (C=O) groups is 1. The number of rotatable bonds is 10. The molecule has 1 fully saturated rings. The Bertz CT molecular complexity index is 1100. The minimum absolute atomic E-state index is 0.0734. The molecule has 7 nitrogen and oxygen atoms in total. The molecule has 1 N–H and O–H groups in total. The van der Waals surface area contributed by atoms with Gasteiger partial charge in [0.05, 0.1) is 26.9 Å². The van der Waals surface area contributed by atoms with Gasteiger partial charge in [0.2, 0.25) is 5.88 Å². The predicted molar refractivity (Wildman–Crippen MR) is 132 cm³/mol. The van der Waals surface area contributed by atoms with E-state index in [-0.39, 0.29) is 11.9 Å². The number of fused-ring (bicyclic) bond motifs is 1. The predicted octanol–water partition coefficient (Wildman–Crippen LogP) is 3.80. The standard InChI is InChI=1S/C27H33N3O4/c1-32-13-14-34-19-21-4-6-22-5-3-20(15-24(22)16-21)18-30-11-8-25(9-12-30)29-27(31)23-7-10-28-26(17-23)33-2/h3-7,10,15-17,25H,8-9,11-14,18-19H2,1-2H3,(H,29,31). The third kappa shape index (κ3) is 6.53. The molecule has 1 aliphatic heterocycles. The molecule has 1 aliphatic rings. The van der Waals surface area contributed by atoms with Gasteiger partial charge in [-0.15, -0.1) is 0 Å². The zero-order chi connectivity index (χ0) is 23.8. The molecule has 1 aromatic heterocycles. The summed E-state index contributed by atoms with van der Waals surface area (Å²) in [5, 5.41) is 5.63. The van der Waals surface area contributed by atoms with E-state index in [9.17, 15) is 4.79 Å². The number of methoxy groups -OCH3 is 2. The molecule has 0 spiro atoms. The zero-order valence-corrected chi connectivity index (χ0v) is 20.0. The van der Waals surface area contributed by atoms with Crippen molar-refractivity contribution in [1.82, 2.24) is 15.2 Å². The highest BCUT2D eigenvalue weighted by atomic mass is 16.5. The molecule has 1 amide bonds. The summed E-state index contributed by atoms with van der Waals surface area (Å²) in [7, 11) is 3.23. The Labute approximate surface area is 201 Å². The number of likely N-dealkylation sites (tertiary alicyclic amines) is 1. The van der Waals surface area contributed by atoms with Gasteiger partial charge < -0.3 is 19.5 Å². The van der Waals surface area contributed by atoms with Crippen molar-refractivity contribution in [2.45, 2.75) is 32.0 Å². The topological polar surface area (TPSA) is 72.9 Å². The summed E-state index contributed by atoms with van der Waals surface area (Å²) in [5.74, 6) is 0.374. The average molecular weight is 464 g/mol. The first-order valence-corrected chi connectivity index (χ1v) is 11.8. The zero-order valence-electron chi connectivity index (χ0n) is 20.0. The van der Waals surface area contributed by atoms with E-state index in [4.69, 9.17) is 14.2 Å². The summed E-state index contributed by atoms with van der Waals surface area (Å²) in [5.41, 5.74) is 3.05. The first-order valence-electron chi connectivity index (χ1n) is 11.8. The van der Waals surface area contributed by atoms with E-state index in [1.807, 2.05) is 0 Å². The van der Waals surface area contributed by atoms with Gasteiger partial charge in [-0.05, 0) is 52.9 Å². The minimum Gasteiger partial charge on any atom is -0.481 e. The van der Waals surface area contributed by atoms with Crippen LogP contribution in [-0.4, -0.2) is 62.4 Å². The van der Waals surface area contributed by atoms with E-state index in [1.54, 1.807) is 32.5 Å². The van der Waals surface area contributed by atoms with E-state index < -0.39 is 0 Å². The SMILES string of the molecule is COCCOCc1ccc2ccc(CN3CCC(NC(=O)c4ccnc(OC)c4)CC3)cc2c1. The quantitative estimate of drug-likeness (QED) is 0.461. The summed E-state index contributed by atoms with van der Waals surface area (Å²) in [6.45, 7) is 4.62. The molecule has 3 aromatic rings. The van der Waals surface area contributed by atoms with Crippen LogP contribution in [0.1, 0.15) is 34.3 Å². The lowest BCUT2D eigenvalue weighted by Crippen LogP contribution is -2.44. The molecule has 0 radical (unpaired) electrons. The molecule has 0 saturated carbocycles. The second kappa shape index (κ2) is 11.9. The summed E-state index contributed by atoms with van der Waals surface area (Å²) in [4.78, 5) is 19.1. The van der Waals surface area contributed by atoms with Crippen LogP contribution in [0.15, 0.2) is 54.7 Å². The van der Waals surface area contributed by atoms with Gasteiger partial charge in [0.1, 0.15) is 0 Å². The van der Waals surface area contributed by atoms with Gasteiger partial charge in [0.25, 0.3) is 5.91 Å². The van der Waals surface area contributed by atoms with Crippen molar-refractivity contribution in [2.75, 3.05) is 40.5 Å². The first kappa shape index (κ1) is 24.1. The van der Waals surface area contributed by atoms with Crippen molar-refractivity contribution >= 4 is 16.7 Å². The van der Waals surface area contributed by atoms with E-state index in [0.29, 0.717) is 31.3 Å². The Morgan fingerprint density at radius 3 is 2.53 bits per heavy atom. The number of carbonyl (C=O) groups excluding carboxylic acids is 1. The average Bonchev–Trinajstić information content (AvgIpc) is 2.87. The molecule has 0 atom stereocenters. The van der Waals surface area contributed by atoms with Crippen LogP contribution in [0, 0.1) is 0 Å². The Kier molecular flexibility index (Phi) is 8.46. The van der Waals surface area contributed by atoms with Gasteiger partial charge >= 0.3 is 0 Å². The van der Waals surface area contributed by atoms with E-state index in [2.05, 4.69) is 51.6 Å². The van der Waals surface area contributed by atoms with Crippen molar-refractivity contribution in [3.63, 3.8) is 0 Å². The Balaban J connectivity index is 1.29. The normalized spacial score (nSPS) is 14.9. The van der Waals surface area contributed by atoms with Crippen LogP contribution in [-0.2, 0) is 22.6 Å². The maximum atomic E-state index is 12.6. The summed E-state index contributed by atoms with van der Waals surface area (Å²) >= 11 is 0. The number of aromatic nitrogens is 1. The van der Waals surface area contributed by atoms with E-state index in [0.717, 1.165) is 32.5 Å². The van der Waals surface area contributed by atoms with Crippen molar-refractivity contribution in [2.24, 2.45) is 0 Å². The van der Waals surface area contributed by atoms with E-state index in [1.165, 1.54) is 21.9 Å². The Morgan fingerprint density at radius 2 is 1.76 bits per heavy atom. The summed E-state index contributed by atoms with van der Waals surface area (Å²) < 4.78 is 15.8. The molecular formula is C27H33N3O4. The maximum absolute atomic E-state index is 12.6. The van der Waals surface area contributed by atoms with Gasteiger partial charge in [0, 0.05) is 50.6 Å². The number of benzene rings is 2. The number of hydrogen-bond acceptors (Lipinski definition) is 6. The van der Waals surface area contributed by atoms with E-state index >= 15 is 0 Å². The highest BCUT2D eigenvalue weighted by Crippen LogP contribution is 2.21. The van der Waals surface area contributed by atoms with Gasteiger partial charge in [0.15, 0.2) is 0 Å². The van der Waals surface area contributed by atoms with Crippen LogP contribution < -0.4 is 10.1 Å². The molecular weight excluding hydrogens is 430 g/mol. The lowest BCUT2D eigenvalue weighted by molar-refractivity contribution is 0.0617. The maximum Gasteiger partial charge on any atom is 0.251 e. The largest absolute Gasteiger partial charge is 0.481 e. The molecule has 0 aliphatic carbocycles. The smallest absolute Gasteiger partial charge is 0.251 e. The first-order chi connectivity index (χ1) is 16.6. The van der Waals surface area contributed by atoms with Crippen LogP contribution in [0.3, 0.4) is 0 Å². The van der Waals surface area contributed by atoms with Gasteiger partial charge in [-0.25, -0.2) is 4.98 Å². The molecule has 4 rings (SSSR count). The van der Waals surface area contributed by atoms with Crippen molar-refractivity contribution in [3.05, 3.63) is 71.4 Å². The molecule has 34 heavy (non-hydrogen) atoms. The monoisotopic (exact) mass is 463 g/mol. The fraction of sp³-hybridized carbons (Fsp3) is 0.407. The van der Waals surface area contributed by atoms with Crippen molar-refractivity contribution < 1.29 is 19.0 Å². The number of hydrogen-bond donors (Lipinski definition) is 1. The second-order valence-corrected chi connectivity index (χ2v) is 8.67. The highest BCUT2D eigenvalue weighted by molar-refractivity contribution is 5.94. The lowest BCUT2D eigenvalue weighted by atomic mass is 10.0. The molecule has 2 aromatic carbocycles. The minimum atomic E-state index is -0.0734. The highest BCUT2D eigenvalue weighted by Gasteiger charge is 2.21. The molecule has 180 valence electrons. The van der Waals surface area contributed by atoms with Gasteiger partial charge in [-0.1, -0.05) is 24.3 Å². The molecule has 1 saturated heterocycles. The number of ether oxygens (including phenoxy) is 3. The van der Waals surface area contributed by atoms with Gasteiger partial charge in [-0.2, -0.15) is 0 Å². The number of nitrogens with zero attached hydrogens (tertiary/aromatic N) is 2. The third-order valence-electron chi connectivity index (χ3n) is 6.20. The number of piperidine rings is 1. The van der Waals surface area contributed by atoms with Gasteiger partial charge in [-0.3, -0.25) is 9.69 Å². The Morgan fingerprint density at radius 1 is 1.00 bits per heavy atom. The fourth-order valence-electron chi connectivity index (χ4n) is 4.29. The molecule has 0 unspecified atom stereocenters. The fourth-order valence-corrected chi connectivity index (χ4v) is 4.29. The lowest BCUT2D eigenvalue weighted by Gasteiger charge is -2.32. The molecule has 7 heteroatoms. The second-order valence-electron chi connectivity index (χ2n) is 8.67. The molecule has 0 bridgehead atoms. The van der Waals surface area contributed by atoms with Crippen molar-refractivity contribution in [1.29, 1.82) is 0 Å². The number of pyridine rings is 1. The Hall–Kier alpha value is -3.00.